The van der Waals surface area contributed by atoms with Gasteiger partial charge in [0.15, 0.2) is 0 Å². The number of carbonyl (C=O) groups excluding carboxylic acids is 1. The first-order valence-corrected chi connectivity index (χ1v) is 19.9. The second-order valence-electron chi connectivity index (χ2n) is 4.96. The van der Waals surface area contributed by atoms with E-state index in [2.05, 4.69) is 46.4 Å². The first-order valence-electron chi connectivity index (χ1n) is 10.8. The van der Waals surface area contributed by atoms with Crippen LogP contribution in [-0.4, -0.2) is 134 Å². The molecule has 0 aromatic heterocycles. The quantitative estimate of drug-likeness (QED) is 0.137. The molecule has 0 radical (unpaired) electrons. The summed E-state index contributed by atoms with van der Waals surface area (Å²) in [5.74, 6) is 0.167. The second kappa shape index (κ2) is 67.9. The summed E-state index contributed by atoms with van der Waals surface area (Å²) in [7, 11) is -0.773. The van der Waals surface area contributed by atoms with Crippen LogP contribution in [0.4, 0.5) is 0 Å². The van der Waals surface area contributed by atoms with Crippen LogP contribution in [0, 0.1) is 0 Å². The highest BCUT2D eigenvalue weighted by Crippen LogP contribution is 1.84. The number of sulfone groups is 1. The first-order chi connectivity index (χ1) is 18.8. The lowest BCUT2D eigenvalue weighted by Crippen LogP contribution is -2.07. The van der Waals surface area contributed by atoms with Gasteiger partial charge in [0.2, 0.25) is 10.0 Å². The summed E-state index contributed by atoms with van der Waals surface area (Å²) in [5.41, 5.74) is 22.5. The molecule has 0 saturated heterocycles. The monoisotopic (exact) mass is 730 g/mol. The summed E-state index contributed by atoms with van der Waals surface area (Å²) < 4.78 is 89.5. The molecule has 0 aliphatic carbocycles. The molecular formula is C19H66N6O12S5. The van der Waals surface area contributed by atoms with Gasteiger partial charge in [0.05, 0.1) is 40.1 Å². The van der Waals surface area contributed by atoms with Crippen LogP contribution in [0.5, 0.6) is 0 Å². The number of nitrogens with two attached hydrogens (primary N) is 6. The molecule has 0 aliphatic heterocycles. The van der Waals surface area contributed by atoms with Crippen LogP contribution < -0.4 is 33.8 Å². The zero-order valence-corrected chi connectivity index (χ0v) is 33.0. The van der Waals surface area contributed by atoms with E-state index in [0.29, 0.717) is 0 Å². The van der Waals surface area contributed by atoms with Crippen LogP contribution >= 0.6 is 12.0 Å². The normalized spacial score (nSPS) is 8.29. The van der Waals surface area contributed by atoms with Gasteiger partial charge in [-0.2, -0.15) is 16.8 Å². The number of hydrogen-bond donors (Lipinski definition) is 6. The Bertz CT molecular complexity index is 742. The van der Waals surface area contributed by atoms with Crippen LogP contribution in [0.1, 0.15) is 27.7 Å². The lowest BCUT2D eigenvalue weighted by Gasteiger charge is -1.84. The van der Waals surface area contributed by atoms with Crippen molar-refractivity contribution in [2.75, 3.05) is 94.1 Å². The lowest BCUT2D eigenvalue weighted by molar-refractivity contribution is -0.115. The van der Waals surface area contributed by atoms with Crippen LogP contribution in [0.3, 0.4) is 0 Å². The third-order valence-electron chi connectivity index (χ3n) is 0.772. The largest absolute Gasteiger partial charge is 0.333 e. The van der Waals surface area contributed by atoms with Crippen LogP contribution in [0.15, 0.2) is 0 Å². The molecule has 0 aliphatic rings. The molecule has 23 heteroatoms. The molecule has 0 heterocycles. The highest BCUT2D eigenvalue weighted by atomic mass is 32.2. The van der Waals surface area contributed by atoms with Crippen molar-refractivity contribution in [1.82, 2.24) is 0 Å². The summed E-state index contributed by atoms with van der Waals surface area (Å²) in [6, 6.07) is 0. The number of Topliss-reactive ketones (excluding diaryl/α,β-unsaturated/α-hetero) is 1. The average Bonchev–Trinajstić information content (AvgIpc) is 2.88. The maximum atomic E-state index is 9.78. The van der Waals surface area contributed by atoms with Crippen molar-refractivity contribution in [2.24, 2.45) is 33.8 Å². The van der Waals surface area contributed by atoms with E-state index in [1.165, 1.54) is 61.1 Å². The summed E-state index contributed by atoms with van der Waals surface area (Å²) in [6.45, 7) is 7.06. The molecule has 0 bridgehead atoms. The number of rotatable bonds is 3. The fourth-order valence-electron chi connectivity index (χ4n) is 0. The van der Waals surface area contributed by atoms with Crippen molar-refractivity contribution < 1.29 is 51.0 Å². The van der Waals surface area contributed by atoms with E-state index in [0.717, 1.165) is 45.5 Å². The van der Waals surface area contributed by atoms with Crippen molar-refractivity contribution in [1.29, 1.82) is 0 Å². The Morgan fingerprint density at radius 2 is 0.595 bits per heavy atom. The molecular weight excluding hydrogens is 665 g/mol. The molecule has 12 N–H and O–H groups in total. The second-order valence-corrected chi connectivity index (χ2v) is 13.1. The Morgan fingerprint density at radius 3 is 0.595 bits per heavy atom. The lowest BCUT2D eigenvalue weighted by atomic mass is 10.6. The van der Waals surface area contributed by atoms with Gasteiger partial charge in [-0.3, -0.25) is 8.37 Å². The van der Waals surface area contributed by atoms with Crippen molar-refractivity contribution in [3.8, 4) is 0 Å². The van der Waals surface area contributed by atoms with Crippen molar-refractivity contribution >= 4 is 57.9 Å². The van der Waals surface area contributed by atoms with Gasteiger partial charge in [0.1, 0.15) is 15.6 Å². The summed E-state index contributed by atoms with van der Waals surface area (Å²) >= 11 is 1.36. The Balaban J connectivity index is -0.0000000241. The van der Waals surface area contributed by atoms with Crippen molar-refractivity contribution in [3.63, 3.8) is 0 Å². The smallest absolute Gasteiger partial charge is 0.264 e. The molecule has 0 amide bonds. The molecule has 0 fully saturated rings. The Labute approximate surface area is 263 Å². The molecule has 0 rings (SSSR count). The number of carbonyl (C=O) groups is 1. The van der Waals surface area contributed by atoms with E-state index in [1.54, 1.807) is 7.11 Å². The van der Waals surface area contributed by atoms with E-state index in [4.69, 9.17) is 0 Å². The summed E-state index contributed by atoms with van der Waals surface area (Å²) in [5, 5.41) is 4.33. The van der Waals surface area contributed by atoms with Gasteiger partial charge in [-0.05, 0) is 61.1 Å². The average molecular weight is 731 g/mol. The van der Waals surface area contributed by atoms with E-state index in [-0.39, 0.29) is 5.78 Å². The summed E-state index contributed by atoms with van der Waals surface area (Å²) in [4.78, 5) is 9.44. The molecule has 0 unspecified atom stereocenters. The topological polar surface area (TPSA) is 337 Å². The predicted molar refractivity (Wildman–Crippen MR) is 182 cm³/mol. The molecule has 42 heavy (non-hydrogen) atoms. The SMILES string of the molecule is CC.CC(C)=O.CN.CN.CN.CN.CN.COS(C)(=O)=O.COS(C)(=O)=O.COSC.CS(C)(=O)=O.CS(N)(=O)=O. The number of hydrogen-bond acceptors (Lipinski definition) is 18. The highest BCUT2D eigenvalue weighted by Gasteiger charge is 1.91. The van der Waals surface area contributed by atoms with E-state index >= 15 is 0 Å². The van der Waals surface area contributed by atoms with Crippen LogP contribution in [-0.2, 0) is 57.4 Å². The van der Waals surface area contributed by atoms with E-state index < -0.39 is 40.1 Å². The fourth-order valence-corrected chi connectivity index (χ4v) is 0. The van der Waals surface area contributed by atoms with Gasteiger partial charge < -0.3 is 37.6 Å². The summed E-state index contributed by atoms with van der Waals surface area (Å²) in [6.07, 6.45) is 7.12. The molecule has 0 spiro atoms. The zero-order valence-electron chi connectivity index (χ0n) is 28.9. The number of ketones is 1. The third kappa shape index (κ3) is 1400. The Morgan fingerprint density at radius 1 is 0.548 bits per heavy atom. The van der Waals surface area contributed by atoms with Gasteiger partial charge >= 0.3 is 0 Å². The fraction of sp³-hybridized carbons (Fsp3) is 0.947. The van der Waals surface area contributed by atoms with Gasteiger partial charge in [0.25, 0.3) is 20.2 Å². The van der Waals surface area contributed by atoms with Crippen molar-refractivity contribution in [3.05, 3.63) is 0 Å². The Kier molecular flexibility index (Phi) is 126. The maximum absolute atomic E-state index is 9.78. The van der Waals surface area contributed by atoms with Crippen molar-refractivity contribution in [2.45, 2.75) is 27.7 Å². The third-order valence-corrected chi connectivity index (χ3v) is 2.32. The Hall–Kier alpha value is -0.540. The minimum absolute atomic E-state index is 0.167. The number of primary sulfonamides is 1. The zero-order chi connectivity index (χ0) is 38.4. The predicted octanol–water partition coefficient (Wildman–Crippen LogP) is -1.84. The molecule has 0 aromatic rings. The molecule has 0 atom stereocenters. The molecule has 274 valence electrons. The van der Waals surface area contributed by atoms with Crippen LogP contribution in [0.25, 0.3) is 0 Å². The minimum Gasteiger partial charge on any atom is -0.333 e. The molecule has 0 aromatic carbocycles. The standard InChI is InChI=1S/C3H6O.2C2H6O3S.C2H6O2S.C2H6OS.C2H6.CH5NO2S.5CH5N/c1-3(2)4;2*1-5-6(2,3)4;1-5(2,3)4;1-3-4-2;1-2;1-5(2,3)4;5*1-2/h1-2H3;2*1-2H3;1-2H3;1-2H3;1-2H3;1H3,(H2,2,3,4);5*2H2,1H3. The maximum Gasteiger partial charge on any atom is 0.264 e. The molecule has 18 nitrogen and oxygen atoms in total. The van der Waals surface area contributed by atoms with Gasteiger partial charge in [-0.25, -0.2) is 22.0 Å². The molecule has 0 saturated carbocycles. The van der Waals surface area contributed by atoms with Gasteiger partial charge in [-0.15, -0.1) is 0 Å². The van der Waals surface area contributed by atoms with Gasteiger partial charge in [0, 0.05) is 18.8 Å². The first kappa shape index (κ1) is 78.2. The highest BCUT2D eigenvalue weighted by molar-refractivity contribution is 7.93. The minimum atomic E-state index is -3.17. The number of sulfonamides is 1. The van der Waals surface area contributed by atoms with Crippen LogP contribution in [0.2, 0.25) is 0 Å². The van der Waals surface area contributed by atoms with Gasteiger partial charge in [-0.1, -0.05) is 13.8 Å². The van der Waals surface area contributed by atoms with E-state index in [9.17, 15) is 38.5 Å². The van der Waals surface area contributed by atoms with E-state index in [1.807, 2.05) is 20.1 Å².